The molecule has 0 radical (unpaired) electrons. The van der Waals surface area contributed by atoms with Crippen LogP contribution in [0.15, 0.2) is 6.20 Å². The lowest BCUT2D eigenvalue weighted by Crippen LogP contribution is -2.38. The van der Waals surface area contributed by atoms with Crippen molar-refractivity contribution in [2.45, 2.75) is 32.7 Å². The van der Waals surface area contributed by atoms with Crippen LogP contribution in [0.1, 0.15) is 48.3 Å². The van der Waals surface area contributed by atoms with E-state index in [1.165, 1.54) is 27.6 Å². The minimum atomic E-state index is -0.0815. The maximum atomic E-state index is 13.1. The molecule has 0 N–H and O–H groups in total. The predicted molar refractivity (Wildman–Crippen MR) is 112 cm³/mol. The van der Waals surface area contributed by atoms with Gasteiger partial charge in [-0.3, -0.25) is 14.4 Å². The zero-order valence-corrected chi connectivity index (χ0v) is 18.1. The minimum Gasteiger partial charge on any atom is -0.332 e. The number of anilines is 1. The largest absolute Gasteiger partial charge is 0.332 e. The fourth-order valence-electron chi connectivity index (χ4n) is 4.00. The third kappa shape index (κ3) is 3.26. The van der Waals surface area contributed by atoms with E-state index in [0.717, 1.165) is 33.3 Å². The van der Waals surface area contributed by atoms with Crippen LogP contribution in [0.4, 0.5) is 5.00 Å². The van der Waals surface area contributed by atoms with Gasteiger partial charge in [0.2, 0.25) is 5.91 Å². The van der Waals surface area contributed by atoms with Gasteiger partial charge in [-0.05, 0) is 37.7 Å². The molecule has 2 aliphatic heterocycles. The number of aromatic nitrogens is 1. The summed E-state index contributed by atoms with van der Waals surface area (Å²) in [6, 6.07) is 0. The number of rotatable bonds is 3. The molecule has 29 heavy (non-hydrogen) atoms. The third-order valence-corrected chi connectivity index (χ3v) is 7.91. The molecule has 0 bridgehead atoms. The van der Waals surface area contributed by atoms with Gasteiger partial charge in [-0.25, -0.2) is 4.98 Å². The summed E-state index contributed by atoms with van der Waals surface area (Å²) in [5, 5.41) is 1.65. The van der Waals surface area contributed by atoms with Gasteiger partial charge in [-0.15, -0.1) is 22.7 Å². The molecule has 152 valence electrons. The summed E-state index contributed by atoms with van der Waals surface area (Å²) < 4.78 is 0. The van der Waals surface area contributed by atoms with Crippen LogP contribution >= 0.6 is 22.7 Å². The molecule has 0 aromatic carbocycles. The van der Waals surface area contributed by atoms with E-state index < -0.39 is 0 Å². The number of hydrogen-bond donors (Lipinski definition) is 0. The number of carbonyl (C=O) groups excluding carboxylic acids is 3. The van der Waals surface area contributed by atoms with Gasteiger partial charge in [0, 0.05) is 25.0 Å². The monoisotopic (exact) mass is 430 g/mol. The Labute approximate surface area is 176 Å². The van der Waals surface area contributed by atoms with Gasteiger partial charge < -0.3 is 14.7 Å². The van der Waals surface area contributed by atoms with Crippen molar-refractivity contribution in [1.82, 2.24) is 14.8 Å². The average Bonchev–Trinajstić information content (AvgIpc) is 3.31. The number of amides is 3. The predicted octanol–water partition coefficient (Wildman–Crippen LogP) is 2.54. The molecule has 2 aromatic rings. The Morgan fingerprint density at radius 1 is 1.24 bits per heavy atom. The Kier molecular flexibility index (Phi) is 4.47. The van der Waals surface area contributed by atoms with Crippen LogP contribution in [0.3, 0.4) is 0 Å². The van der Waals surface area contributed by atoms with E-state index in [0.29, 0.717) is 42.4 Å². The SMILES string of the molecule is Cc1ncc(C(=O)N2CCc3c(sc4c3C(=O)N(C)CC(=O)N4CC3CC3)C2)s1. The summed E-state index contributed by atoms with van der Waals surface area (Å²) in [7, 11) is 1.69. The first-order valence-electron chi connectivity index (χ1n) is 9.84. The maximum Gasteiger partial charge on any atom is 0.265 e. The number of likely N-dealkylation sites (N-methyl/N-ethyl adjacent to an activating group) is 1. The second-order valence-electron chi connectivity index (χ2n) is 8.01. The van der Waals surface area contributed by atoms with Crippen molar-refractivity contribution in [3.05, 3.63) is 32.1 Å². The highest BCUT2D eigenvalue weighted by Gasteiger charge is 2.39. The molecule has 0 spiro atoms. The molecular weight excluding hydrogens is 408 g/mol. The molecule has 2 aromatic heterocycles. The highest BCUT2D eigenvalue weighted by Crippen LogP contribution is 2.43. The molecule has 7 nitrogen and oxygen atoms in total. The smallest absolute Gasteiger partial charge is 0.265 e. The minimum absolute atomic E-state index is 0.0146. The number of nitrogens with zero attached hydrogens (tertiary/aromatic N) is 4. The molecular formula is C20H22N4O3S2. The third-order valence-electron chi connectivity index (χ3n) is 5.77. The van der Waals surface area contributed by atoms with Crippen molar-refractivity contribution in [3.63, 3.8) is 0 Å². The molecule has 3 aliphatic rings. The first-order chi connectivity index (χ1) is 13.9. The molecule has 1 fully saturated rings. The van der Waals surface area contributed by atoms with Crippen LogP contribution in [0, 0.1) is 12.8 Å². The summed E-state index contributed by atoms with van der Waals surface area (Å²) >= 11 is 2.92. The molecule has 5 rings (SSSR count). The van der Waals surface area contributed by atoms with Crippen LogP contribution < -0.4 is 4.90 Å². The highest BCUT2D eigenvalue weighted by molar-refractivity contribution is 7.17. The van der Waals surface area contributed by atoms with Crippen molar-refractivity contribution < 1.29 is 14.4 Å². The number of fused-ring (bicyclic) bond motifs is 3. The number of hydrogen-bond acceptors (Lipinski definition) is 6. The lowest BCUT2D eigenvalue weighted by Gasteiger charge is -2.27. The van der Waals surface area contributed by atoms with E-state index in [2.05, 4.69) is 4.98 Å². The van der Waals surface area contributed by atoms with E-state index in [-0.39, 0.29) is 24.3 Å². The lowest BCUT2D eigenvalue weighted by atomic mass is 10.0. The summed E-state index contributed by atoms with van der Waals surface area (Å²) in [4.78, 5) is 49.8. The second kappa shape index (κ2) is 6.91. The number of thiophene rings is 1. The fraction of sp³-hybridized carbons (Fsp3) is 0.500. The number of thiazole rings is 1. The Morgan fingerprint density at radius 2 is 2.03 bits per heavy atom. The molecule has 1 saturated carbocycles. The fourth-order valence-corrected chi connectivity index (χ4v) is 6.12. The van der Waals surface area contributed by atoms with Crippen molar-refractivity contribution in [2.75, 3.05) is 31.6 Å². The first kappa shape index (κ1) is 18.7. The van der Waals surface area contributed by atoms with E-state index in [1.807, 2.05) is 16.7 Å². The second-order valence-corrected chi connectivity index (χ2v) is 10.3. The van der Waals surface area contributed by atoms with E-state index >= 15 is 0 Å². The molecule has 0 saturated heterocycles. The van der Waals surface area contributed by atoms with Gasteiger partial charge in [-0.2, -0.15) is 0 Å². The van der Waals surface area contributed by atoms with Gasteiger partial charge in [0.1, 0.15) is 16.4 Å². The zero-order valence-electron chi connectivity index (χ0n) is 16.4. The van der Waals surface area contributed by atoms with E-state index in [9.17, 15) is 14.4 Å². The van der Waals surface area contributed by atoms with Crippen molar-refractivity contribution in [3.8, 4) is 0 Å². The molecule has 1 aliphatic carbocycles. The molecule has 3 amide bonds. The Bertz CT molecular complexity index is 1020. The number of aryl methyl sites for hydroxylation is 1. The summed E-state index contributed by atoms with van der Waals surface area (Å²) in [5.41, 5.74) is 1.70. The molecule has 4 heterocycles. The van der Waals surface area contributed by atoms with E-state index in [4.69, 9.17) is 0 Å². The van der Waals surface area contributed by atoms with Crippen molar-refractivity contribution in [1.29, 1.82) is 0 Å². The standard InChI is InChI=1S/C20H22N4O3S2/c1-11-21-7-14(28-11)18(26)23-6-5-13-15(9-23)29-20-17(13)19(27)22(2)10-16(25)24(20)8-12-3-4-12/h7,12H,3-6,8-10H2,1-2H3. The van der Waals surface area contributed by atoms with Gasteiger partial charge in [0.25, 0.3) is 11.8 Å². The van der Waals surface area contributed by atoms with Crippen LogP contribution in [0.2, 0.25) is 0 Å². The van der Waals surface area contributed by atoms with Crippen LogP contribution in [0.25, 0.3) is 0 Å². The lowest BCUT2D eigenvalue weighted by molar-refractivity contribution is -0.119. The Hall–Kier alpha value is -2.26. The summed E-state index contributed by atoms with van der Waals surface area (Å²) in [6.45, 7) is 3.75. The van der Waals surface area contributed by atoms with Gasteiger partial charge in [0.05, 0.1) is 23.3 Å². The van der Waals surface area contributed by atoms with Crippen molar-refractivity contribution >= 4 is 45.4 Å². The molecule has 9 heteroatoms. The topological polar surface area (TPSA) is 73.8 Å². The summed E-state index contributed by atoms with van der Waals surface area (Å²) in [6.07, 6.45) is 4.56. The highest BCUT2D eigenvalue weighted by atomic mass is 32.1. The van der Waals surface area contributed by atoms with Gasteiger partial charge in [0.15, 0.2) is 0 Å². The molecule has 0 unspecified atom stereocenters. The van der Waals surface area contributed by atoms with E-state index in [1.54, 1.807) is 13.2 Å². The summed E-state index contributed by atoms with van der Waals surface area (Å²) in [5.74, 6) is 0.427. The zero-order chi connectivity index (χ0) is 20.3. The van der Waals surface area contributed by atoms with Gasteiger partial charge in [-0.1, -0.05) is 0 Å². The maximum absolute atomic E-state index is 13.1. The Morgan fingerprint density at radius 3 is 2.72 bits per heavy atom. The number of carbonyl (C=O) groups is 3. The van der Waals surface area contributed by atoms with Crippen LogP contribution in [0.5, 0.6) is 0 Å². The van der Waals surface area contributed by atoms with Crippen molar-refractivity contribution in [2.24, 2.45) is 5.92 Å². The van der Waals surface area contributed by atoms with Gasteiger partial charge >= 0.3 is 0 Å². The quantitative estimate of drug-likeness (QED) is 0.750. The average molecular weight is 431 g/mol. The van der Waals surface area contributed by atoms with Crippen LogP contribution in [-0.4, -0.2) is 59.2 Å². The molecule has 0 atom stereocenters. The first-order valence-corrected chi connectivity index (χ1v) is 11.5. The normalized spacial score (nSPS) is 19.3. The van der Waals surface area contributed by atoms with Crippen LogP contribution in [-0.2, 0) is 17.8 Å². The Balaban J connectivity index is 1.49.